The first kappa shape index (κ1) is 21.7. The normalized spacial score (nSPS) is 17.6. The molecule has 2 N–H and O–H groups in total. The van der Waals surface area contributed by atoms with Crippen LogP contribution in [-0.2, 0) is 6.54 Å². The van der Waals surface area contributed by atoms with Crippen molar-refractivity contribution in [3.05, 3.63) is 48.3 Å². The van der Waals surface area contributed by atoms with Crippen molar-refractivity contribution in [2.75, 3.05) is 26.2 Å². The van der Waals surface area contributed by atoms with Crippen molar-refractivity contribution in [3.63, 3.8) is 0 Å². The number of benzene rings is 1. The number of aliphatic imine (C=N–C) groups is 1. The van der Waals surface area contributed by atoms with Crippen molar-refractivity contribution in [2.45, 2.75) is 39.3 Å². The third-order valence-corrected chi connectivity index (χ3v) is 4.85. The molecule has 6 nitrogen and oxygen atoms in total. The van der Waals surface area contributed by atoms with Crippen LogP contribution in [0.2, 0.25) is 0 Å². The highest BCUT2D eigenvalue weighted by Gasteiger charge is 2.22. The van der Waals surface area contributed by atoms with Gasteiger partial charge in [-0.1, -0.05) is 19.1 Å². The maximum absolute atomic E-state index is 4.76. The molecule has 1 atom stereocenters. The number of hydrogen-bond acceptors (Lipinski definition) is 3. The van der Waals surface area contributed by atoms with E-state index in [-0.39, 0.29) is 24.0 Å². The van der Waals surface area contributed by atoms with Gasteiger partial charge in [0, 0.05) is 31.5 Å². The zero-order valence-corrected chi connectivity index (χ0v) is 18.6. The van der Waals surface area contributed by atoms with Crippen molar-refractivity contribution in [1.82, 2.24) is 25.3 Å². The molecule has 1 saturated heterocycles. The van der Waals surface area contributed by atoms with Crippen molar-refractivity contribution in [1.29, 1.82) is 0 Å². The molecule has 1 aliphatic heterocycles. The third kappa shape index (κ3) is 6.21. The number of likely N-dealkylation sites (N-methyl/N-ethyl adjacent to an activating group) is 1. The summed E-state index contributed by atoms with van der Waals surface area (Å²) in [6.07, 6.45) is 6.32. The van der Waals surface area contributed by atoms with Gasteiger partial charge in [-0.25, -0.2) is 9.67 Å². The minimum absolute atomic E-state index is 0. The number of nitrogens with zero attached hydrogens (tertiary/aromatic N) is 4. The highest BCUT2D eigenvalue weighted by Crippen LogP contribution is 2.15. The van der Waals surface area contributed by atoms with Gasteiger partial charge in [-0.05, 0) is 56.6 Å². The maximum Gasteiger partial charge on any atom is 0.191 e. The van der Waals surface area contributed by atoms with Crippen LogP contribution in [0.1, 0.15) is 32.3 Å². The molecule has 148 valence electrons. The molecule has 1 aromatic heterocycles. The largest absolute Gasteiger partial charge is 0.357 e. The van der Waals surface area contributed by atoms with E-state index in [4.69, 9.17) is 4.99 Å². The van der Waals surface area contributed by atoms with Gasteiger partial charge in [-0.15, -0.1) is 24.0 Å². The van der Waals surface area contributed by atoms with Crippen LogP contribution >= 0.6 is 24.0 Å². The van der Waals surface area contributed by atoms with Gasteiger partial charge in [0.05, 0.1) is 12.2 Å². The molecule has 2 aromatic rings. The lowest BCUT2D eigenvalue weighted by molar-refractivity contribution is 0.267. The second kappa shape index (κ2) is 11.3. The second-order valence-electron chi connectivity index (χ2n) is 6.62. The Morgan fingerprint density at radius 2 is 2.15 bits per heavy atom. The van der Waals surface area contributed by atoms with Crippen LogP contribution in [0.3, 0.4) is 0 Å². The van der Waals surface area contributed by atoms with Gasteiger partial charge in [-0.3, -0.25) is 4.90 Å². The summed E-state index contributed by atoms with van der Waals surface area (Å²) < 4.78 is 1.87. The van der Waals surface area contributed by atoms with E-state index in [1.807, 2.05) is 16.9 Å². The van der Waals surface area contributed by atoms with Crippen molar-refractivity contribution >= 4 is 29.9 Å². The molecule has 0 radical (unpaired) electrons. The summed E-state index contributed by atoms with van der Waals surface area (Å²) in [5, 5.41) is 11.2. The molecule has 0 spiro atoms. The summed E-state index contributed by atoms with van der Waals surface area (Å²) in [6.45, 7) is 9.14. The average molecular weight is 482 g/mol. The van der Waals surface area contributed by atoms with Gasteiger partial charge in [0.2, 0.25) is 0 Å². The Morgan fingerprint density at radius 1 is 1.26 bits per heavy atom. The van der Waals surface area contributed by atoms with Crippen LogP contribution in [0.4, 0.5) is 0 Å². The van der Waals surface area contributed by atoms with Crippen LogP contribution in [-0.4, -0.2) is 52.9 Å². The number of guanidine groups is 1. The number of hydrogen-bond donors (Lipinski definition) is 2. The first-order chi connectivity index (χ1) is 12.8. The number of nitrogens with one attached hydrogen (secondary N) is 2. The molecule has 0 saturated carbocycles. The Kier molecular flexibility index (Phi) is 9.06. The van der Waals surface area contributed by atoms with Crippen LogP contribution in [0, 0.1) is 0 Å². The molecule has 0 bridgehead atoms. The molecule has 27 heavy (non-hydrogen) atoms. The maximum atomic E-state index is 4.76. The molecule has 1 aromatic carbocycles. The topological polar surface area (TPSA) is 57.5 Å². The van der Waals surface area contributed by atoms with E-state index >= 15 is 0 Å². The van der Waals surface area contributed by atoms with Gasteiger partial charge >= 0.3 is 0 Å². The Bertz CT molecular complexity index is 700. The highest BCUT2D eigenvalue weighted by atomic mass is 127. The molecular weight excluding hydrogens is 451 g/mol. The lowest BCUT2D eigenvalue weighted by atomic mass is 10.2. The predicted molar refractivity (Wildman–Crippen MR) is 122 cm³/mol. The number of likely N-dealkylation sites (tertiary alicyclic amines) is 1. The quantitative estimate of drug-likeness (QED) is 0.362. The fraction of sp³-hybridized carbons (Fsp3) is 0.500. The molecule has 3 rings (SSSR count). The van der Waals surface area contributed by atoms with E-state index in [0.29, 0.717) is 12.6 Å². The monoisotopic (exact) mass is 482 g/mol. The van der Waals surface area contributed by atoms with Crippen molar-refractivity contribution in [3.8, 4) is 5.69 Å². The molecule has 7 heteroatoms. The number of halogens is 1. The summed E-state index contributed by atoms with van der Waals surface area (Å²) in [5.74, 6) is 0.889. The standard InChI is InChI=1S/C20H30N6.HI/c1-3-21-20(23-16-19-10-6-12-25(19)4-2)22-15-17-8-5-9-18(14-17)26-13-7-11-24-26;/h5,7-9,11,13-14,19H,3-4,6,10,12,15-16H2,1-2H3,(H2,21,22,23);1H. The van der Waals surface area contributed by atoms with Crippen LogP contribution in [0.25, 0.3) is 5.69 Å². The second-order valence-corrected chi connectivity index (χ2v) is 6.62. The zero-order valence-electron chi connectivity index (χ0n) is 16.3. The summed E-state index contributed by atoms with van der Waals surface area (Å²) >= 11 is 0. The van der Waals surface area contributed by atoms with Crippen molar-refractivity contribution < 1.29 is 0 Å². The van der Waals surface area contributed by atoms with Crippen LogP contribution in [0.5, 0.6) is 0 Å². The summed E-state index contributed by atoms with van der Waals surface area (Å²) in [7, 11) is 0. The molecule has 2 heterocycles. The lowest BCUT2D eigenvalue weighted by Gasteiger charge is -2.24. The summed E-state index contributed by atoms with van der Waals surface area (Å²) in [4.78, 5) is 7.31. The molecule has 1 fully saturated rings. The Labute approximate surface area is 179 Å². The minimum atomic E-state index is 0. The first-order valence-electron chi connectivity index (χ1n) is 9.65. The summed E-state index contributed by atoms with van der Waals surface area (Å²) in [5.41, 5.74) is 2.23. The van der Waals surface area contributed by atoms with Crippen LogP contribution < -0.4 is 10.6 Å². The SMILES string of the molecule is CCNC(=NCc1cccc(-n2cccn2)c1)NCC1CCCN1CC.I. The molecule has 0 amide bonds. The van der Waals surface area contributed by atoms with Gasteiger partial charge in [0.1, 0.15) is 0 Å². The Morgan fingerprint density at radius 3 is 2.89 bits per heavy atom. The number of aromatic nitrogens is 2. The highest BCUT2D eigenvalue weighted by molar-refractivity contribution is 14.0. The van der Waals surface area contributed by atoms with E-state index in [1.54, 1.807) is 6.20 Å². The summed E-state index contributed by atoms with van der Waals surface area (Å²) in [6, 6.07) is 10.9. The molecule has 0 aliphatic carbocycles. The average Bonchev–Trinajstić information content (AvgIpc) is 3.35. The van der Waals surface area contributed by atoms with E-state index in [2.05, 4.69) is 58.7 Å². The lowest BCUT2D eigenvalue weighted by Crippen LogP contribution is -2.44. The van der Waals surface area contributed by atoms with E-state index < -0.39 is 0 Å². The van der Waals surface area contributed by atoms with Crippen LogP contribution in [0.15, 0.2) is 47.7 Å². The third-order valence-electron chi connectivity index (χ3n) is 4.85. The van der Waals surface area contributed by atoms with Gasteiger partial charge in [0.15, 0.2) is 5.96 Å². The fourth-order valence-electron chi connectivity index (χ4n) is 3.49. The first-order valence-corrected chi connectivity index (χ1v) is 9.65. The van der Waals surface area contributed by atoms with E-state index in [1.165, 1.54) is 24.9 Å². The molecule has 1 unspecified atom stereocenters. The van der Waals surface area contributed by atoms with Gasteiger partial charge in [-0.2, -0.15) is 5.10 Å². The Balaban J connectivity index is 0.00000261. The molecule has 1 aliphatic rings. The number of rotatable bonds is 7. The van der Waals surface area contributed by atoms with E-state index in [0.717, 1.165) is 31.3 Å². The Hall–Kier alpha value is -1.61. The van der Waals surface area contributed by atoms with Gasteiger partial charge in [0.25, 0.3) is 0 Å². The van der Waals surface area contributed by atoms with E-state index in [9.17, 15) is 0 Å². The fourth-order valence-corrected chi connectivity index (χ4v) is 3.49. The smallest absolute Gasteiger partial charge is 0.191 e. The zero-order chi connectivity index (χ0) is 18.2. The van der Waals surface area contributed by atoms with Gasteiger partial charge < -0.3 is 10.6 Å². The molecular formula is C20H31IN6. The predicted octanol–water partition coefficient (Wildman–Crippen LogP) is 3.03. The minimum Gasteiger partial charge on any atom is -0.357 e. The van der Waals surface area contributed by atoms with Crippen molar-refractivity contribution in [2.24, 2.45) is 4.99 Å².